The van der Waals surface area contributed by atoms with E-state index in [-0.39, 0.29) is 5.91 Å². The van der Waals surface area contributed by atoms with Crippen molar-refractivity contribution in [3.8, 4) is 11.5 Å². The Bertz CT molecular complexity index is 618. The van der Waals surface area contributed by atoms with E-state index < -0.39 is 0 Å². The zero-order chi connectivity index (χ0) is 14.7. The van der Waals surface area contributed by atoms with Crippen molar-refractivity contribution in [2.45, 2.75) is 24.4 Å². The first-order valence-corrected chi connectivity index (χ1v) is 8.41. The molecule has 1 saturated heterocycles. The van der Waals surface area contributed by atoms with E-state index in [2.05, 4.69) is 4.98 Å². The van der Waals surface area contributed by atoms with Gasteiger partial charge in [0.05, 0.1) is 0 Å². The van der Waals surface area contributed by atoms with Gasteiger partial charge in [-0.25, -0.2) is 4.98 Å². The number of thioether (sulfide) groups is 1. The summed E-state index contributed by atoms with van der Waals surface area (Å²) in [6.45, 7) is 1.64. The maximum Gasteiger partial charge on any atom is 0.277 e. The summed E-state index contributed by atoms with van der Waals surface area (Å²) >= 11 is 1.43. The number of carbonyl (C=O) groups excluding carboxylic acids is 1. The molecule has 0 spiro atoms. The van der Waals surface area contributed by atoms with E-state index >= 15 is 0 Å². The highest BCUT2D eigenvalue weighted by molar-refractivity contribution is 7.98. The fourth-order valence-corrected chi connectivity index (χ4v) is 3.02. The first kappa shape index (κ1) is 14.2. The number of likely N-dealkylation sites (tertiary alicyclic amines) is 1. The third kappa shape index (κ3) is 2.97. The van der Waals surface area contributed by atoms with Gasteiger partial charge in [0.1, 0.15) is 0 Å². The molecule has 1 aromatic carbocycles. The van der Waals surface area contributed by atoms with Crippen LogP contribution in [0.1, 0.15) is 29.8 Å². The summed E-state index contributed by atoms with van der Waals surface area (Å²) in [5, 5.41) is 0.601. The largest absolute Gasteiger partial charge is 0.429 e. The van der Waals surface area contributed by atoms with E-state index in [1.165, 1.54) is 18.2 Å². The molecule has 0 unspecified atom stereocenters. The zero-order valence-electron chi connectivity index (χ0n) is 12.0. The van der Waals surface area contributed by atoms with Crippen LogP contribution in [-0.4, -0.2) is 35.1 Å². The van der Waals surface area contributed by atoms with Crippen LogP contribution in [0.25, 0.3) is 11.5 Å². The topological polar surface area (TPSA) is 46.3 Å². The molecule has 5 heteroatoms. The van der Waals surface area contributed by atoms with Crippen molar-refractivity contribution >= 4 is 17.7 Å². The molecule has 1 aliphatic heterocycles. The third-order valence-corrected chi connectivity index (χ3v) is 4.30. The van der Waals surface area contributed by atoms with Gasteiger partial charge in [0, 0.05) is 18.7 Å². The predicted molar refractivity (Wildman–Crippen MR) is 83.5 cm³/mol. The number of piperidine rings is 1. The van der Waals surface area contributed by atoms with E-state index in [0.29, 0.717) is 16.7 Å². The molecule has 21 heavy (non-hydrogen) atoms. The molecule has 0 saturated carbocycles. The molecule has 1 aromatic heterocycles. The third-order valence-electron chi connectivity index (χ3n) is 3.65. The van der Waals surface area contributed by atoms with Gasteiger partial charge in [-0.1, -0.05) is 30.0 Å². The van der Waals surface area contributed by atoms with Crippen LogP contribution in [0.3, 0.4) is 0 Å². The molecule has 0 atom stereocenters. The van der Waals surface area contributed by atoms with Crippen LogP contribution in [0.4, 0.5) is 0 Å². The van der Waals surface area contributed by atoms with Crippen LogP contribution in [0.5, 0.6) is 0 Å². The number of benzene rings is 1. The summed E-state index contributed by atoms with van der Waals surface area (Å²) in [5.41, 5.74) is 1.34. The lowest BCUT2D eigenvalue weighted by atomic mass is 10.1. The predicted octanol–water partition coefficient (Wildman–Crippen LogP) is 3.69. The Hall–Kier alpha value is -1.75. The second-order valence-electron chi connectivity index (χ2n) is 5.08. The average molecular weight is 302 g/mol. The summed E-state index contributed by atoms with van der Waals surface area (Å²) < 4.78 is 5.77. The molecule has 1 amide bonds. The summed E-state index contributed by atoms with van der Waals surface area (Å²) in [4.78, 5) is 18.9. The SMILES string of the molecule is CSc1oc(-c2ccccc2)nc1C(=O)N1CCCCC1. The van der Waals surface area contributed by atoms with Gasteiger partial charge < -0.3 is 9.32 Å². The molecule has 2 aromatic rings. The second kappa shape index (κ2) is 6.35. The van der Waals surface area contributed by atoms with Crippen LogP contribution in [0.2, 0.25) is 0 Å². The number of oxazole rings is 1. The van der Waals surface area contributed by atoms with E-state index in [9.17, 15) is 4.79 Å². The molecule has 3 rings (SSSR count). The van der Waals surface area contributed by atoms with E-state index in [1.807, 2.05) is 41.5 Å². The van der Waals surface area contributed by atoms with Crippen molar-refractivity contribution in [1.82, 2.24) is 9.88 Å². The molecule has 0 N–H and O–H groups in total. The van der Waals surface area contributed by atoms with E-state index in [0.717, 1.165) is 31.5 Å². The molecular formula is C16H18N2O2S. The Morgan fingerprint density at radius 3 is 2.57 bits per heavy atom. The smallest absolute Gasteiger partial charge is 0.277 e. The second-order valence-corrected chi connectivity index (χ2v) is 5.86. The fraction of sp³-hybridized carbons (Fsp3) is 0.375. The van der Waals surface area contributed by atoms with Crippen LogP contribution in [0, 0.1) is 0 Å². The molecule has 0 radical (unpaired) electrons. The van der Waals surface area contributed by atoms with Gasteiger partial charge in [-0.3, -0.25) is 4.79 Å². The van der Waals surface area contributed by atoms with Gasteiger partial charge in [-0.2, -0.15) is 0 Å². The Morgan fingerprint density at radius 1 is 1.19 bits per heavy atom. The van der Waals surface area contributed by atoms with Crippen molar-refractivity contribution in [3.63, 3.8) is 0 Å². The molecule has 0 bridgehead atoms. The van der Waals surface area contributed by atoms with Gasteiger partial charge in [-0.05, 0) is 37.7 Å². The summed E-state index contributed by atoms with van der Waals surface area (Å²) in [7, 11) is 0. The Kier molecular flexibility index (Phi) is 4.29. The molecule has 1 fully saturated rings. The monoisotopic (exact) mass is 302 g/mol. The molecule has 0 aliphatic carbocycles. The lowest BCUT2D eigenvalue weighted by molar-refractivity contribution is 0.0713. The maximum atomic E-state index is 12.6. The number of rotatable bonds is 3. The lowest BCUT2D eigenvalue weighted by Gasteiger charge is -2.25. The van der Waals surface area contributed by atoms with Crippen LogP contribution in [-0.2, 0) is 0 Å². The minimum Gasteiger partial charge on any atom is -0.429 e. The zero-order valence-corrected chi connectivity index (χ0v) is 12.9. The lowest BCUT2D eigenvalue weighted by Crippen LogP contribution is -2.36. The highest BCUT2D eigenvalue weighted by Crippen LogP contribution is 2.29. The van der Waals surface area contributed by atoms with E-state index in [4.69, 9.17) is 4.42 Å². The minimum atomic E-state index is -0.00928. The normalized spacial score (nSPS) is 15.2. The molecule has 4 nitrogen and oxygen atoms in total. The Morgan fingerprint density at radius 2 is 1.90 bits per heavy atom. The molecular weight excluding hydrogens is 284 g/mol. The fourth-order valence-electron chi connectivity index (χ4n) is 2.53. The quantitative estimate of drug-likeness (QED) is 0.811. The number of aromatic nitrogens is 1. The van der Waals surface area contributed by atoms with Crippen LogP contribution in [0.15, 0.2) is 39.8 Å². The number of nitrogens with zero attached hydrogens (tertiary/aromatic N) is 2. The van der Waals surface area contributed by atoms with Crippen molar-refractivity contribution in [1.29, 1.82) is 0 Å². The minimum absolute atomic E-state index is 0.00928. The molecule has 1 aliphatic rings. The average Bonchev–Trinajstić information content (AvgIpc) is 3.00. The summed E-state index contributed by atoms with van der Waals surface area (Å²) in [6, 6.07) is 9.69. The standard InChI is InChI=1S/C16H18N2O2S/c1-21-16-13(15(19)18-10-6-3-7-11-18)17-14(20-16)12-8-4-2-5-9-12/h2,4-5,8-9H,3,6-7,10-11H2,1H3. The van der Waals surface area contributed by atoms with Crippen LogP contribution < -0.4 is 0 Å². The van der Waals surface area contributed by atoms with Gasteiger partial charge in [0.2, 0.25) is 5.89 Å². The number of carbonyl (C=O) groups is 1. The van der Waals surface area contributed by atoms with Crippen molar-refractivity contribution in [3.05, 3.63) is 36.0 Å². The first-order valence-electron chi connectivity index (χ1n) is 7.19. The highest BCUT2D eigenvalue weighted by Gasteiger charge is 2.26. The summed E-state index contributed by atoms with van der Waals surface area (Å²) in [6.07, 6.45) is 5.25. The number of hydrogen-bond donors (Lipinski definition) is 0. The van der Waals surface area contributed by atoms with Gasteiger partial charge in [-0.15, -0.1) is 0 Å². The Balaban J connectivity index is 1.91. The van der Waals surface area contributed by atoms with Gasteiger partial charge >= 0.3 is 0 Å². The van der Waals surface area contributed by atoms with Crippen LogP contribution >= 0.6 is 11.8 Å². The molecule has 110 valence electrons. The van der Waals surface area contributed by atoms with Gasteiger partial charge in [0.25, 0.3) is 5.91 Å². The number of hydrogen-bond acceptors (Lipinski definition) is 4. The highest BCUT2D eigenvalue weighted by atomic mass is 32.2. The van der Waals surface area contributed by atoms with Crippen molar-refractivity contribution < 1.29 is 9.21 Å². The van der Waals surface area contributed by atoms with Gasteiger partial charge in [0.15, 0.2) is 10.8 Å². The Labute approximate surface area is 128 Å². The van der Waals surface area contributed by atoms with Crippen molar-refractivity contribution in [2.24, 2.45) is 0 Å². The number of amides is 1. The van der Waals surface area contributed by atoms with E-state index in [1.54, 1.807) is 0 Å². The molecule has 2 heterocycles. The first-order chi connectivity index (χ1) is 10.3. The summed E-state index contributed by atoms with van der Waals surface area (Å²) in [5.74, 6) is 0.505. The maximum absolute atomic E-state index is 12.6. The van der Waals surface area contributed by atoms with Crippen molar-refractivity contribution in [2.75, 3.05) is 19.3 Å².